The Labute approximate surface area is 121 Å². The van der Waals surface area contributed by atoms with E-state index < -0.39 is 0 Å². The lowest BCUT2D eigenvalue weighted by atomic mass is 10.1. The van der Waals surface area contributed by atoms with Gasteiger partial charge in [0, 0.05) is 19.5 Å². The first-order valence-corrected chi connectivity index (χ1v) is 7.45. The number of imidazole rings is 1. The van der Waals surface area contributed by atoms with Crippen LogP contribution in [0.3, 0.4) is 0 Å². The Morgan fingerprint density at radius 3 is 2.90 bits per heavy atom. The topological polar surface area (TPSA) is 69.6 Å². The maximum Gasteiger partial charge on any atom is 0.111 e. The summed E-state index contributed by atoms with van der Waals surface area (Å²) in [7, 11) is 2.03. The fourth-order valence-corrected chi connectivity index (χ4v) is 3.15. The van der Waals surface area contributed by atoms with Crippen molar-refractivity contribution < 1.29 is 0 Å². The Balaban J connectivity index is 1.91. The third kappa shape index (κ3) is 2.21. The second kappa shape index (κ2) is 5.30. The van der Waals surface area contributed by atoms with Gasteiger partial charge in [-0.1, -0.05) is 23.5 Å². The van der Waals surface area contributed by atoms with Gasteiger partial charge in [-0.3, -0.25) is 0 Å². The molecule has 0 saturated heterocycles. The summed E-state index contributed by atoms with van der Waals surface area (Å²) in [6.45, 7) is 2.07. The van der Waals surface area contributed by atoms with Crippen LogP contribution in [0.1, 0.15) is 29.4 Å². The summed E-state index contributed by atoms with van der Waals surface area (Å²) in [5.74, 6) is 0.995. The van der Waals surface area contributed by atoms with E-state index in [0.29, 0.717) is 6.42 Å². The molecule has 0 aliphatic rings. The standard InChI is InChI=1S/C14H17N5S/c1-3-10-14(20-18-17-10)9(15)8-13-16-11-6-4-5-7-12(11)19(13)2/h4-7,9H,3,8,15H2,1-2H3. The number of hydrogen-bond acceptors (Lipinski definition) is 5. The van der Waals surface area contributed by atoms with E-state index in [1.165, 1.54) is 11.5 Å². The molecule has 104 valence electrons. The number of nitrogens with two attached hydrogens (primary N) is 1. The molecule has 0 fully saturated rings. The third-order valence-corrected chi connectivity index (χ3v) is 4.44. The van der Waals surface area contributed by atoms with Crippen LogP contribution in [0, 0.1) is 0 Å². The van der Waals surface area contributed by atoms with Crippen molar-refractivity contribution in [1.29, 1.82) is 0 Å². The van der Waals surface area contributed by atoms with E-state index in [4.69, 9.17) is 5.73 Å². The lowest BCUT2D eigenvalue weighted by Gasteiger charge is -2.10. The van der Waals surface area contributed by atoms with Crippen molar-refractivity contribution in [2.75, 3.05) is 0 Å². The molecule has 20 heavy (non-hydrogen) atoms. The van der Waals surface area contributed by atoms with Crippen molar-refractivity contribution >= 4 is 22.6 Å². The average molecular weight is 287 g/mol. The minimum absolute atomic E-state index is 0.0968. The van der Waals surface area contributed by atoms with Gasteiger partial charge in [-0.05, 0) is 30.1 Å². The molecule has 0 spiro atoms. The summed E-state index contributed by atoms with van der Waals surface area (Å²) in [4.78, 5) is 5.73. The van der Waals surface area contributed by atoms with Crippen molar-refractivity contribution in [2.45, 2.75) is 25.8 Å². The number of nitrogens with zero attached hydrogens (tertiary/aromatic N) is 4. The Hall–Kier alpha value is -1.79. The van der Waals surface area contributed by atoms with Crippen molar-refractivity contribution in [3.05, 3.63) is 40.7 Å². The van der Waals surface area contributed by atoms with Crippen LogP contribution < -0.4 is 5.73 Å². The number of rotatable bonds is 4. The number of hydrogen-bond donors (Lipinski definition) is 1. The summed E-state index contributed by atoms with van der Waals surface area (Å²) in [5, 5.41) is 4.12. The van der Waals surface area contributed by atoms with Gasteiger partial charge in [-0.2, -0.15) is 0 Å². The normalized spacial score (nSPS) is 12.9. The largest absolute Gasteiger partial charge is 0.331 e. The van der Waals surface area contributed by atoms with Crippen LogP contribution in [0.15, 0.2) is 24.3 Å². The zero-order valence-corrected chi connectivity index (χ0v) is 12.4. The van der Waals surface area contributed by atoms with Gasteiger partial charge in [-0.15, -0.1) is 5.10 Å². The first kappa shape index (κ1) is 13.2. The summed E-state index contributed by atoms with van der Waals surface area (Å²) >= 11 is 1.39. The molecular weight excluding hydrogens is 270 g/mol. The molecule has 1 atom stereocenters. The van der Waals surface area contributed by atoms with Crippen LogP contribution in [0.25, 0.3) is 11.0 Å². The number of aromatic nitrogens is 4. The van der Waals surface area contributed by atoms with Gasteiger partial charge in [0.25, 0.3) is 0 Å². The van der Waals surface area contributed by atoms with E-state index in [0.717, 1.165) is 33.8 Å². The Bertz CT molecular complexity index is 730. The van der Waals surface area contributed by atoms with Gasteiger partial charge in [0.1, 0.15) is 5.82 Å². The zero-order chi connectivity index (χ0) is 14.1. The maximum absolute atomic E-state index is 6.32. The SMILES string of the molecule is CCc1nnsc1C(N)Cc1nc2ccccc2n1C. The molecule has 1 unspecified atom stereocenters. The monoisotopic (exact) mass is 287 g/mol. The third-order valence-electron chi connectivity index (χ3n) is 3.54. The van der Waals surface area contributed by atoms with Crippen LogP contribution >= 0.6 is 11.5 Å². The molecule has 5 nitrogen and oxygen atoms in total. The predicted octanol–water partition coefficient (Wildman–Crippen LogP) is 2.23. The highest BCUT2D eigenvalue weighted by Gasteiger charge is 2.18. The van der Waals surface area contributed by atoms with Gasteiger partial charge in [-0.25, -0.2) is 4.98 Å². The first-order valence-electron chi connectivity index (χ1n) is 6.67. The number of fused-ring (bicyclic) bond motifs is 1. The lowest BCUT2D eigenvalue weighted by molar-refractivity contribution is 0.667. The van der Waals surface area contributed by atoms with Crippen LogP contribution in [0.2, 0.25) is 0 Å². The van der Waals surface area contributed by atoms with Crippen LogP contribution in [-0.4, -0.2) is 19.1 Å². The smallest absolute Gasteiger partial charge is 0.111 e. The van der Waals surface area contributed by atoms with Gasteiger partial charge in [0.2, 0.25) is 0 Å². The van der Waals surface area contributed by atoms with E-state index in [1.54, 1.807) is 0 Å². The fourth-order valence-electron chi connectivity index (χ4n) is 2.41. The molecule has 0 amide bonds. The zero-order valence-electron chi connectivity index (χ0n) is 11.6. The average Bonchev–Trinajstić information content (AvgIpc) is 3.05. The highest BCUT2D eigenvalue weighted by molar-refractivity contribution is 7.05. The molecule has 2 N–H and O–H groups in total. The highest BCUT2D eigenvalue weighted by atomic mass is 32.1. The molecule has 1 aromatic carbocycles. The molecule has 0 saturated carbocycles. The molecule has 0 aliphatic heterocycles. The van der Waals surface area contributed by atoms with Gasteiger partial charge in [0.15, 0.2) is 0 Å². The van der Waals surface area contributed by atoms with Crippen molar-refractivity contribution in [3.8, 4) is 0 Å². The van der Waals surface area contributed by atoms with Crippen molar-refractivity contribution in [3.63, 3.8) is 0 Å². The fraction of sp³-hybridized carbons (Fsp3) is 0.357. The van der Waals surface area contributed by atoms with Gasteiger partial charge < -0.3 is 10.3 Å². The quantitative estimate of drug-likeness (QED) is 0.799. The molecule has 3 rings (SSSR count). The second-order valence-corrected chi connectivity index (χ2v) is 5.61. The minimum Gasteiger partial charge on any atom is -0.331 e. The van der Waals surface area contributed by atoms with Crippen molar-refractivity contribution in [1.82, 2.24) is 19.1 Å². The number of benzene rings is 1. The van der Waals surface area contributed by atoms with Crippen LogP contribution in [0.5, 0.6) is 0 Å². The molecule has 2 aromatic heterocycles. The summed E-state index contributed by atoms with van der Waals surface area (Å²) in [6.07, 6.45) is 1.56. The maximum atomic E-state index is 6.32. The van der Waals surface area contributed by atoms with E-state index in [-0.39, 0.29) is 6.04 Å². The summed E-state index contributed by atoms with van der Waals surface area (Å²) in [5.41, 5.74) is 9.46. The van der Waals surface area contributed by atoms with E-state index >= 15 is 0 Å². The van der Waals surface area contributed by atoms with E-state index in [2.05, 4.69) is 32.1 Å². The molecule has 0 radical (unpaired) electrons. The summed E-state index contributed by atoms with van der Waals surface area (Å²) in [6, 6.07) is 8.02. The minimum atomic E-state index is -0.0968. The Kier molecular flexibility index (Phi) is 3.50. The van der Waals surface area contributed by atoms with Gasteiger partial charge in [0.05, 0.1) is 21.6 Å². The van der Waals surface area contributed by atoms with Gasteiger partial charge >= 0.3 is 0 Å². The number of aryl methyl sites for hydroxylation is 2. The van der Waals surface area contributed by atoms with E-state index in [1.807, 2.05) is 25.2 Å². The highest BCUT2D eigenvalue weighted by Crippen LogP contribution is 2.23. The Morgan fingerprint density at radius 2 is 2.15 bits per heavy atom. The van der Waals surface area contributed by atoms with E-state index in [9.17, 15) is 0 Å². The molecule has 0 bridgehead atoms. The first-order chi connectivity index (χ1) is 9.70. The molecule has 3 aromatic rings. The predicted molar refractivity (Wildman–Crippen MR) is 80.6 cm³/mol. The van der Waals surface area contributed by atoms with Crippen LogP contribution in [0.4, 0.5) is 0 Å². The number of para-hydroxylation sites is 2. The summed E-state index contributed by atoms with van der Waals surface area (Å²) < 4.78 is 6.11. The van der Waals surface area contributed by atoms with Crippen LogP contribution in [-0.2, 0) is 19.9 Å². The molecular formula is C14H17N5S. The molecule has 6 heteroatoms. The Morgan fingerprint density at radius 1 is 1.35 bits per heavy atom. The second-order valence-electron chi connectivity index (χ2n) is 4.82. The molecule has 0 aliphatic carbocycles. The lowest BCUT2D eigenvalue weighted by Crippen LogP contribution is -2.16. The molecule has 2 heterocycles. The van der Waals surface area contributed by atoms with Crippen molar-refractivity contribution in [2.24, 2.45) is 12.8 Å².